The molecule has 2 N–H and O–H groups in total. The number of benzene rings is 2. The van der Waals surface area contributed by atoms with E-state index in [1.54, 1.807) is 0 Å². The van der Waals surface area contributed by atoms with Crippen LogP contribution in [-0.2, 0) is 13.1 Å². The number of nitrogens with one attached hydrogen (secondary N) is 2. The Morgan fingerprint density at radius 3 is 2.55 bits per heavy atom. The van der Waals surface area contributed by atoms with E-state index in [0.717, 1.165) is 38.6 Å². The van der Waals surface area contributed by atoms with Gasteiger partial charge in [-0.05, 0) is 50.7 Å². The molecule has 3 rings (SSSR count). The lowest BCUT2D eigenvalue weighted by Gasteiger charge is -2.20. The minimum atomic E-state index is 0. The Bertz CT molecular complexity index is 788. The fourth-order valence-electron chi connectivity index (χ4n) is 3.65. The van der Waals surface area contributed by atoms with Crippen LogP contribution in [0, 0.1) is 6.92 Å². The summed E-state index contributed by atoms with van der Waals surface area (Å²) >= 11 is 0. The maximum atomic E-state index is 4.41. The Kier molecular flexibility index (Phi) is 9.23. The van der Waals surface area contributed by atoms with Gasteiger partial charge in [0.2, 0.25) is 0 Å². The maximum Gasteiger partial charge on any atom is 0.191 e. The van der Waals surface area contributed by atoms with E-state index in [1.807, 2.05) is 7.05 Å². The minimum Gasteiger partial charge on any atom is -0.369 e. The molecule has 5 nitrogen and oxygen atoms in total. The molecule has 29 heavy (non-hydrogen) atoms. The van der Waals surface area contributed by atoms with Gasteiger partial charge in [-0.25, -0.2) is 0 Å². The summed E-state index contributed by atoms with van der Waals surface area (Å²) in [5.41, 5.74) is 5.21. The van der Waals surface area contributed by atoms with Crippen LogP contribution in [0.25, 0.3) is 0 Å². The molecule has 0 saturated carbocycles. The third kappa shape index (κ3) is 7.19. The summed E-state index contributed by atoms with van der Waals surface area (Å²) in [7, 11) is 6.03. The molecule has 0 aliphatic carbocycles. The molecule has 0 aromatic heterocycles. The largest absolute Gasteiger partial charge is 0.369 e. The lowest BCUT2D eigenvalue weighted by atomic mass is 10.1. The van der Waals surface area contributed by atoms with E-state index in [2.05, 4.69) is 95.0 Å². The molecule has 6 heteroatoms. The molecule has 1 aliphatic heterocycles. The number of aryl methyl sites for hydroxylation is 1. The molecule has 0 spiro atoms. The first-order chi connectivity index (χ1) is 13.5. The first-order valence-corrected chi connectivity index (χ1v) is 10.0. The van der Waals surface area contributed by atoms with Crippen molar-refractivity contribution in [3.05, 3.63) is 65.2 Å². The van der Waals surface area contributed by atoms with Crippen molar-refractivity contribution in [2.75, 3.05) is 39.1 Å². The lowest BCUT2D eigenvalue weighted by molar-refractivity contribution is 0.402. The van der Waals surface area contributed by atoms with Crippen LogP contribution in [0.15, 0.2) is 53.5 Å². The average Bonchev–Trinajstić information content (AvgIpc) is 3.14. The summed E-state index contributed by atoms with van der Waals surface area (Å²) in [5.74, 6) is 0.869. The van der Waals surface area contributed by atoms with Gasteiger partial charge in [0.15, 0.2) is 5.96 Å². The molecule has 0 radical (unpaired) electrons. The SMILES string of the molecule is CN=C(NCc1cccc(CN(C)C)c1)NC1CCN(c2ccc(C)cc2)C1.I. The number of aliphatic imine (C=N–C) groups is 1. The van der Waals surface area contributed by atoms with Gasteiger partial charge in [0.05, 0.1) is 0 Å². The normalized spacial score (nSPS) is 16.7. The second-order valence-electron chi connectivity index (χ2n) is 7.90. The highest BCUT2D eigenvalue weighted by molar-refractivity contribution is 14.0. The highest BCUT2D eigenvalue weighted by Gasteiger charge is 2.23. The molecule has 1 atom stereocenters. The summed E-state index contributed by atoms with van der Waals surface area (Å²) in [6.45, 7) is 5.93. The van der Waals surface area contributed by atoms with E-state index in [-0.39, 0.29) is 24.0 Å². The monoisotopic (exact) mass is 507 g/mol. The summed E-state index contributed by atoms with van der Waals surface area (Å²) in [6.07, 6.45) is 1.12. The van der Waals surface area contributed by atoms with Crippen molar-refractivity contribution in [3.8, 4) is 0 Å². The van der Waals surface area contributed by atoms with Crippen LogP contribution in [-0.4, -0.2) is 51.1 Å². The van der Waals surface area contributed by atoms with Gasteiger partial charge in [-0.3, -0.25) is 4.99 Å². The predicted octanol–water partition coefficient (Wildman–Crippen LogP) is 3.62. The van der Waals surface area contributed by atoms with Gasteiger partial charge < -0.3 is 20.4 Å². The maximum absolute atomic E-state index is 4.41. The molecule has 1 fully saturated rings. The molecule has 2 aromatic carbocycles. The van der Waals surface area contributed by atoms with E-state index >= 15 is 0 Å². The van der Waals surface area contributed by atoms with Crippen molar-refractivity contribution in [2.24, 2.45) is 4.99 Å². The highest BCUT2D eigenvalue weighted by Crippen LogP contribution is 2.20. The highest BCUT2D eigenvalue weighted by atomic mass is 127. The topological polar surface area (TPSA) is 42.9 Å². The summed E-state index contributed by atoms with van der Waals surface area (Å²) in [4.78, 5) is 9.04. The predicted molar refractivity (Wildman–Crippen MR) is 134 cm³/mol. The molecule has 1 aliphatic rings. The third-order valence-electron chi connectivity index (χ3n) is 5.10. The summed E-state index contributed by atoms with van der Waals surface area (Å²) < 4.78 is 0. The van der Waals surface area contributed by atoms with Crippen molar-refractivity contribution in [1.29, 1.82) is 0 Å². The van der Waals surface area contributed by atoms with Crippen LogP contribution in [0.4, 0.5) is 5.69 Å². The zero-order chi connectivity index (χ0) is 19.9. The van der Waals surface area contributed by atoms with Crippen molar-refractivity contribution in [1.82, 2.24) is 15.5 Å². The van der Waals surface area contributed by atoms with Crippen molar-refractivity contribution in [3.63, 3.8) is 0 Å². The van der Waals surface area contributed by atoms with Crippen LogP contribution < -0.4 is 15.5 Å². The van der Waals surface area contributed by atoms with Crippen molar-refractivity contribution in [2.45, 2.75) is 32.5 Å². The Morgan fingerprint density at radius 2 is 1.86 bits per heavy atom. The van der Waals surface area contributed by atoms with Crippen LogP contribution in [0.3, 0.4) is 0 Å². The van der Waals surface area contributed by atoms with Crippen LogP contribution >= 0.6 is 24.0 Å². The van der Waals surface area contributed by atoms with Crippen LogP contribution in [0.1, 0.15) is 23.1 Å². The molecule has 1 unspecified atom stereocenters. The molecule has 0 bridgehead atoms. The molecule has 1 heterocycles. The molecular weight excluding hydrogens is 473 g/mol. The van der Waals surface area contributed by atoms with E-state index in [1.165, 1.54) is 22.4 Å². The fraction of sp³-hybridized carbons (Fsp3) is 0.435. The third-order valence-corrected chi connectivity index (χ3v) is 5.10. The minimum absolute atomic E-state index is 0. The van der Waals surface area contributed by atoms with Crippen LogP contribution in [0.2, 0.25) is 0 Å². The number of halogens is 1. The fourth-order valence-corrected chi connectivity index (χ4v) is 3.65. The first kappa shape index (κ1) is 23.5. The Hall–Kier alpha value is -1.80. The smallest absolute Gasteiger partial charge is 0.191 e. The first-order valence-electron chi connectivity index (χ1n) is 10.0. The van der Waals surface area contributed by atoms with Gasteiger partial charge in [0, 0.05) is 45.0 Å². The number of nitrogens with zero attached hydrogens (tertiary/aromatic N) is 3. The summed E-state index contributed by atoms with van der Waals surface area (Å²) in [5, 5.41) is 7.04. The molecular formula is C23H34IN5. The van der Waals surface area contributed by atoms with Crippen LogP contribution in [0.5, 0.6) is 0 Å². The quantitative estimate of drug-likeness (QED) is 0.356. The van der Waals surface area contributed by atoms with Gasteiger partial charge in [-0.2, -0.15) is 0 Å². The van der Waals surface area contributed by atoms with Crippen molar-refractivity contribution >= 4 is 35.6 Å². The number of rotatable bonds is 6. The lowest BCUT2D eigenvalue weighted by Crippen LogP contribution is -2.44. The van der Waals surface area contributed by atoms with E-state index < -0.39 is 0 Å². The Balaban J connectivity index is 0.00000300. The number of hydrogen-bond acceptors (Lipinski definition) is 3. The molecule has 158 valence electrons. The number of anilines is 1. The van der Waals surface area contributed by atoms with E-state index in [9.17, 15) is 0 Å². The van der Waals surface area contributed by atoms with Crippen molar-refractivity contribution < 1.29 is 0 Å². The summed E-state index contributed by atoms with van der Waals surface area (Å²) in [6, 6.07) is 17.9. The molecule has 0 amide bonds. The zero-order valence-electron chi connectivity index (χ0n) is 18.0. The van der Waals surface area contributed by atoms with Gasteiger partial charge in [-0.15, -0.1) is 24.0 Å². The van der Waals surface area contributed by atoms with E-state index in [4.69, 9.17) is 0 Å². The Labute approximate surface area is 192 Å². The average molecular weight is 507 g/mol. The number of hydrogen-bond donors (Lipinski definition) is 2. The number of guanidine groups is 1. The molecule has 2 aromatic rings. The van der Waals surface area contributed by atoms with Gasteiger partial charge >= 0.3 is 0 Å². The van der Waals surface area contributed by atoms with Gasteiger partial charge in [0.1, 0.15) is 0 Å². The second kappa shape index (κ2) is 11.4. The zero-order valence-corrected chi connectivity index (χ0v) is 20.3. The molecule has 1 saturated heterocycles. The second-order valence-corrected chi connectivity index (χ2v) is 7.90. The van der Waals surface area contributed by atoms with Gasteiger partial charge in [-0.1, -0.05) is 42.0 Å². The van der Waals surface area contributed by atoms with E-state index in [0.29, 0.717) is 6.04 Å². The standard InChI is InChI=1S/C23H33N5.HI/c1-18-8-10-22(11-9-18)28-13-12-21(17-28)26-23(24-2)25-15-19-6-5-7-20(14-19)16-27(3)4;/h5-11,14,21H,12-13,15-17H2,1-4H3,(H2,24,25,26);1H. The van der Waals surface area contributed by atoms with Gasteiger partial charge in [0.25, 0.3) is 0 Å². The Morgan fingerprint density at radius 1 is 1.14 bits per heavy atom.